The number of hydrogen-bond donors (Lipinski definition) is 4. The van der Waals surface area contributed by atoms with Gasteiger partial charge >= 0.3 is 0 Å². The van der Waals surface area contributed by atoms with E-state index in [1.54, 1.807) is 43.4 Å². The van der Waals surface area contributed by atoms with Crippen LogP contribution in [0, 0.1) is 0 Å². The van der Waals surface area contributed by atoms with E-state index in [1.807, 2.05) is 13.8 Å². The van der Waals surface area contributed by atoms with Gasteiger partial charge in [-0.3, -0.25) is 4.99 Å². The number of hydrazone groups is 2. The summed E-state index contributed by atoms with van der Waals surface area (Å²) in [6.45, 7) is 3.64. The van der Waals surface area contributed by atoms with E-state index in [4.69, 9.17) is 34.7 Å². The Hall–Kier alpha value is -2.77. The van der Waals surface area contributed by atoms with Crippen LogP contribution in [0.5, 0.6) is 0 Å². The predicted molar refractivity (Wildman–Crippen MR) is 116 cm³/mol. The van der Waals surface area contributed by atoms with E-state index < -0.39 is 0 Å². The average Bonchev–Trinajstić information content (AvgIpc) is 2.61. The molecule has 0 saturated heterocycles. The van der Waals surface area contributed by atoms with Gasteiger partial charge in [-0.1, -0.05) is 23.2 Å². The Morgan fingerprint density at radius 2 is 1.22 bits per heavy atom. The summed E-state index contributed by atoms with van der Waals surface area (Å²) in [5.41, 5.74) is 21.6. The van der Waals surface area contributed by atoms with Gasteiger partial charge in [-0.25, -0.2) is 10.9 Å². The zero-order valence-corrected chi connectivity index (χ0v) is 16.7. The Bertz CT molecular complexity index is 848. The third-order valence-electron chi connectivity index (χ3n) is 3.69. The van der Waals surface area contributed by atoms with Crippen molar-refractivity contribution in [3.63, 3.8) is 0 Å². The van der Waals surface area contributed by atoms with Crippen LogP contribution in [0.1, 0.15) is 25.0 Å². The molecule has 0 atom stereocenters. The number of hydrogen-bond acceptors (Lipinski definition) is 5. The van der Waals surface area contributed by atoms with Crippen LogP contribution in [-0.2, 0) is 0 Å². The molecule has 142 valence electrons. The monoisotopic (exact) mass is 405 g/mol. The molecule has 0 bridgehead atoms. The zero-order chi connectivity index (χ0) is 20.0. The number of benzene rings is 2. The van der Waals surface area contributed by atoms with Crippen molar-refractivity contribution in [3.8, 4) is 0 Å². The first-order valence-corrected chi connectivity index (χ1v) is 8.75. The summed E-state index contributed by atoms with van der Waals surface area (Å²) in [4.78, 5) is 4.07. The lowest BCUT2D eigenvalue weighted by atomic mass is 10.1. The molecule has 0 heterocycles. The first-order chi connectivity index (χ1) is 12.8. The SMILES string of the molecule is CN=C(N/N=C(\C)c1ccc(Cl)cc1N)N/N=C(\C)c1ccc(Cl)cc1N. The minimum Gasteiger partial charge on any atom is -0.398 e. The summed E-state index contributed by atoms with van der Waals surface area (Å²) < 4.78 is 0. The lowest BCUT2D eigenvalue weighted by Crippen LogP contribution is -2.32. The van der Waals surface area contributed by atoms with E-state index in [0.717, 1.165) is 11.1 Å². The van der Waals surface area contributed by atoms with Gasteiger partial charge in [0.15, 0.2) is 0 Å². The Morgan fingerprint density at radius 3 is 1.56 bits per heavy atom. The van der Waals surface area contributed by atoms with Crippen LogP contribution in [0.2, 0.25) is 10.0 Å². The Morgan fingerprint density at radius 1 is 0.815 bits per heavy atom. The summed E-state index contributed by atoms with van der Waals surface area (Å²) in [6, 6.07) is 10.5. The fraction of sp³-hybridized carbons (Fsp3) is 0.167. The molecule has 0 aliphatic heterocycles. The topological polar surface area (TPSA) is 113 Å². The van der Waals surface area contributed by atoms with Gasteiger partial charge in [-0.2, -0.15) is 10.2 Å². The molecule has 2 aromatic carbocycles. The largest absolute Gasteiger partial charge is 0.398 e. The second-order valence-corrected chi connectivity index (χ2v) is 6.53. The zero-order valence-electron chi connectivity index (χ0n) is 15.2. The van der Waals surface area contributed by atoms with Crippen LogP contribution >= 0.6 is 23.2 Å². The number of nitrogen functional groups attached to an aromatic ring is 2. The number of halogens is 2. The van der Waals surface area contributed by atoms with E-state index in [2.05, 4.69) is 26.0 Å². The van der Waals surface area contributed by atoms with Crippen LogP contribution in [-0.4, -0.2) is 24.4 Å². The molecular formula is C18H21Cl2N7. The van der Waals surface area contributed by atoms with Gasteiger partial charge in [0.1, 0.15) is 0 Å². The predicted octanol–water partition coefficient (Wildman–Crippen LogP) is 3.47. The van der Waals surface area contributed by atoms with Crippen molar-refractivity contribution in [2.45, 2.75) is 13.8 Å². The molecule has 0 unspecified atom stereocenters. The highest BCUT2D eigenvalue weighted by Gasteiger charge is 2.06. The number of aliphatic imine (C=N–C) groups is 1. The summed E-state index contributed by atoms with van der Waals surface area (Å²) in [5, 5.41) is 9.69. The normalized spacial score (nSPS) is 11.9. The average molecular weight is 406 g/mol. The van der Waals surface area contributed by atoms with Crippen LogP contribution in [0.3, 0.4) is 0 Å². The maximum Gasteiger partial charge on any atom is 0.232 e. The molecule has 2 aromatic rings. The van der Waals surface area contributed by atoms with Gasteiger partial charge in [-0.15, -0.1) is 0 Å². The molecule has 6 N–H and O–H groups in total. The molecule has 0 spiro atoms. The number of guanidine groups is 1. The minimum absolute atomic E-state index is 0.355. The minimum atomic E-state index is 0.355. The van der Waals surface area contributed by atoms with Gasteiger partial charge in [0.05, 0.1) is 11.4 Å². The lowest BCUT2D eigenvalue weighted by molar-refractivity contribution is 0.891. The Kier molecular flexibility index (Phi) is 7.04. The Labute approximate surface area is 168 Å². The van der Waals surface area contributed by atoms with Gasteiger partial charge < -0.3 is 11.5 Å². The van der Waals surface area contributed by atoms with E-state index >= 15 is 0 Å². The quantitative estimate of drug-likeness (QED) is 0.269. The molecule has 0 aliphatic carbocycles. The van der Waals surface area contributed by atoms with Crippen molar-refractivity contribution in [1.82, 2.24) is 10.9 Å². The van der Waals surface area contributed by atoms with Gasteiger partial charge in [0.25, 0.3) is 0 Å². The number of nitrogens with zero attached hydrogens (tertiary/aromatic N) is 3. The molecular weight excluding hydrogens is 385 g/mol. The summed E-state index contributed by atoms with van der Waals surface area (Å²) in [7, 11) is 1.61. The molecule has 0 saturated carbocycles. The fourth-order valence-electron chi connectivity index (χ4n) is 2.25. The molecule has 9 heteroatoms. The molecule has 2 rings (SSSR count). The van der Waals surface area contributed by atoms with Crippen LogP contribution < -0.4 is 22.3 Å². The molecule has 0 radical (unpaired) electrons. The molecule has 0 aromatic heterocycles. The molecule has 27 heavy (non-hydrogen) atoms. The summed E-state index contributed by atoms with van der Waals surface area (Å²) in [6.07, 6.45) is 0. The van der Waals surface area contributed by atoms with Crippen molar-refractivity contribution in [2.75, 3.05) is 18.5 Å². The van der Waals surface area contributed by atoms with Crippen LogP contribution in [0.4, 0.5) is 11.4 Å². The number of anilines is 2. The Balaban J connectivity index is 2.09. The van der Waals surface area contributed by atoms with Crippen molar-refractivity contribution in [3.05, 3.63) is 57.6 Å². The smallest absolute Gasteiger partial charge is 0.232 e. The van der Waals surface area contributed by atoms with Crippen LogP contribution in [0.25, 0.3) is 0 Å². The van der Waals surface area contributed by atoms with Gasteiger partial charge in [0.2, 0.25) is 5.96 Å². The molecule has 0 aliphatic rings. The lowest BCUT2D eigenvalue weighted by Gasteiger charge is -2.09. The molecule has 7 nitrogen and oxygen atoms in total. The van der Waals surface area contributed by atoms with E-state index in [-0.39, 0.29) is 0 Å². The maximum absolute atomic E-state index is 5.97. The highest BCUT2D eigenvalue weighted by molar-refractivity contribution is 6.31. The van der Waals surface area contributed by atoms with E-state index in [1.165, 1.54) is 0 Å². The maximum atomic E-state index is 5.97. The number of nitrogens with one attached hydrogen (secondary N) is 2. The third kappa shape index (κ3) is 5.60. The highest BCUT2D eigenvalue weighted by atomic mass is 35.5. The van der Waals surface area contributed by atoms with E-state index in [9.17, 15) is 0 Å². The second kappa shape index (κ2) is 9.25. The highest BCUT2D eigenvalue weighted by Crippen LogP contribution is 2.19. The van der Waals surface area contributed by atoms with Gasteiger partial charge in [0, 0.05) is 39.6 Å². The van der Waals surface area contributed by atoms with Gasteiger partial charge in [-0.05, 0) is 50.2 Å². The number of nitrogens with two attached hydrogens (primary N) is 2. The summed E-state index contributed by atoms with van der Waals surface area (Å²) >= 11 is 11.8. The number of rotatable bonds is 4. The first kappa shape index (κ1) is 20.5. The summed E-state index contributed by atoms with van der Waals surface area (Å²) in [5.74, 6) is 0.355. The van der Waals surface area contributed by atoms with Crippen molar-refractivity contribution in [2.24, 2.45) is 15.2 Å². The molecule has 0 amide bonds. The second-order valence-electron chi connectivity index (χ2n) is 5.65. The van der Waals surface area contributed by atoms with Crippen molar-refractivity contribution in [1.29, 1.82) is 0 Å². The van der Waals surface area contributed by atoms with Crippen LogP contribution in [0.15, 0.2) is 51.6 Å². The fourth-order valence-corrected chi connectivity index (χ4v) is 2.61. The first-order valence-electron chi connectivity index (χ1n) is 8.00. The van der Waals surface area contributed by atoms with Crippen molar-refractivity contribution < 1.29 is 0 Å². The van der Waals surface area contributed by atoms with Crippen molar-refractivity contribution >= 4 is 52.0 Å². The molecule has 0 fully saturated rings. The third-order valence-corrected chi connectivity index (χ3v) is 4.16. The standard InChI is InChI=1S/C18H21Cl2N7/c1-10(14-6-4-12(19)8-16(14)21)24-26-18(23-3)27-25-11(2)15-7-5-13(20)9-17(15)22/h4-9H,21-22H2,1-3H3,(H2,23,26,27)/b24-10+,25-11+. The van der Waals surface area contributed by atoms with E-state index in [0.29, 0.717) is 38.8 Å².